The Morgan fingerprint density at radius 2 is 1.74 bits per heavy atom. The first-order valence-electron chi connectivity index (χ1n) is 16.7. The third kappa shape index (κ3) is 9.07. The predicted octanol–water partition coefficient (Wildman–Crippen LogP) is 6.64. The number of pyridine rings is 1. The van der Waals surface area contributed by atoms with Gasteiger partial charge >= 0.3 is 5.97 Å². The number of Topliss-reactive ketones (excluding diaryl/α,β-unsaturated/α-hetero) is 1. The molecule has 2 heterocycles. The molecule has 1 aliphatic rings. The van der Waals surface area contributed by atoms with E-state index in [0.717, 1.165) is 0 Å². The molecule has 3 aromatic rings. The number of benzene rings is 2. The maximum absolute atomic E-state index is 13.9. The summed E-state index contributed by atoms with van der Waals surface area (Å²) in [7, 11) is 0.0200. The third-order valence-corrected chi connectivity index (χ3v) is 10.6. The fourth-order valence-electron chi connectivity index (χ4n) is 5.19. The zero-order chi connectivity index (χ0) is 37.0. The Balaban J connectivity index is 1.53. The van der Waals surface area contributed by atoms with E-state index >= 15 is 0 Å². The third-order valence-electron chi connectivity index (χ3n) is 8.90. The summed E-state index contributed by atoms with van der Waals surface area (Å²) < 4.78 is 52.3. The fourth-order valence-corrected chi connectivity index (χ4v) is 6.08. The van der Waals surface area contributed by atoms with Gasteiger partial charge in [-0.05, 0) is 95.5 Å². The van der Waals surface area contributed by atoms with Gasteiger partial charge in [-0.25, -0.2) is 18.3 Å². The number of nitrogens with zero attached hydrogens (tertiary/aromatic N) is 1. The average molecular weight is 713 g/mol. The van der Waals surface area contributed by atoms with E-state index in [0.29, 0.717) is 39.6 Å². The van der Waals surface area contributed by atoms with Gasteiger partial charge < -0.3 is 24.1 Å². The summed E-state index contributed by atoms with van der Waals surface area (Å²) in [6.07, 6.45) is 0.00514. The Labute approximate surface area is 296 Å². The second-order valence-electron chi connectivity index (χ2n) is 14.5. The monoisotopic (exact) mass is 712 g/mol. The van der Waals surface area contributed by atoms with E-state index < -0.39 is 32.7 Å². The van der Waals surface area contributed by atoms with E-state index in [4.69, 9.17) is 23.9 Å². The molecule has 4 unspecified atom stereocenters. The average Bonchev–Trinajstić information content (AvgIpc) is 3.40. The van der Waals surface area contributed by atoms with Crippen molar-refractivity contribution < 1.29 is 42.2 Å². The molecule has 12 heteroatoms. The van der Waals surface area contributed by atoms with Crippen LogP contribution >= 0.6 is 0 Å². The lowest BCUT2D eigenvalue weighted by molar-refractivity contribution is -0.150. The van der Waals surface area contributed by atoms with Gasteiger partial charge in [-0.1, -0.05) is 20.8 Å². The molecule has 4 rings (SSSR count). The minimum atomic E-state index is -1.57. The number of hydrogen-bond acceptors (Lipinski definition) is 9. The van der Waals surface area contributed by atoms with Gasteiger partial charge in [-0.2, -0.15) is 0 Å². The zero-order valence-electron chi connectivity index (χ0n) is 30.3. The van der Waals surface area contributed by atoms with Gasteiger partial charge in [0, 0.05) is 23.1 Å². The van der Waals surface area contributed by atoms with E-state index in [1.54, 1.807) is 43.3 Å². The smallest absolute Gasteiger partial charge is 0.309 e. The molecule has 4 atom stereocenters. The lowest BCUT2D eigenvalue weighted by Gasteiger charge is -2.30. The quantitative estimate of drug-likeness (QED) is 0.101. The van der Waals surface area contributed by atoms with Crippen LogP contribution in [0.5, 0.6) is 17.2 Å². The van der Waals surface area contributed by atoms with Crippen molar-refractivity contribution in [3.63, 3.8) is 0 Å². The molecule has 0 saturated carbocycles. The molecule has 1 aliphatic heterocycles. The molecular formula is C38H49FN2O8S. The van der Waals surface area contributed by atoms with Crippen molar-refractivity contribution in [1.82, 2.24) is 9.71 Å². The molecular weight excluding hydrogens is 663 g/mol. The van der Waals surface area contributed by atoms with Crippen molar-refractivity contribution in [3.05, 3.63) is 71.2 Å². The van der Waals surface area contributed by atoms with Gasteiger partial charge in [0.2, 0.25) is 0 Å². The highest BCUT2D eigenvalue weighted by atomic mass is 32.2. The maximum atomic E-state index is 13.9. The highest BCUT2D eigenvalue weighted by Gasteiger charge is 2.43. The molecule has 0 saturated heterocycles. The number of methoxy groups -OCH3 is 1. The van der Waals surface area contributed by atoms with Crippen LogP contribution in [0.2, 0.25) is 0 Å². The second kappa shape index (κ2) is 15.6. The molecule has 1 aromatic heterocycles. The van der Waals surface area contributed by atoms with Crippen LogP contribution in [0.15, 0.2) is 48.5 Å². The molecule has 0 spiro atoms. The number of nitrogens with one attached hydrogen (secondary N) is 1. The van der Waals surface area contributed by atoms with Gasteiger partial charge in [-0.15, -0.1) is 0 Å². The predicted molar refractivity (Wildman–Crippen MR) is 190 cm³/mol. The highest BCUT2D eigenvalue weighted by Crippen LogP contribution is 2.45. The molecule has 272 valence electrons. The van der Waals surface area contributed by atoms with E-state index in [1.165, 1.54) is 19.2 Å². The first-order valence-corrected chi connectivity index (χ1v) is 17.9. The Hall–Kier alpha value is -3.87. The number of ketones is 1. The van der Waals surface area contributed by atoms with Crippen LogP contribution in [0.1, 0.15) is 89.8 Å². The minimum Gasteiger partial charge on any atom is -0.493 e. The number of ether oxygens (including phenoxy) is 4. The molecule has 0 radical (unpaired) electrons. The lowest BCUT2D eigenvalue weighted by atomic mass is 9.88. The standard InChI is InChI=1S/C38H49FN2O8S/c1-23(2)24(3)35(43)48-19-18-47-30-15-12-26(20-31(30)46-9)29(42)16-17-38(8,44)32-21-28-34(33(40-32)25-10-13-27(39)14-11-25)49-22-37(28,7)41-50(45)36(4,5)6/h10-15,20-21,23-24,41,44H,16-19,22H2,1-9H3. The van der Waals surface area contributed by atoms with Crippen LogP contribution in [0, 0.1) is 17.7 Å². The summed E-state index contributed by atoms with van der Waals surface area (Å²) in [6, 6.07) is 12.3. The van der Waals surface area contributed by atoms with Crippen LogP contribution in [0.25, 0.3) is 11.3 Å². The number of rotatable bonds is 15. The van der Waals surface area contributed by atoms with Crippen molar-refractivity contribution in [3.8, 4) is 28.5 Å². The first-order chi connectivity index (χ1) is 23.4. The molecule has 0 aliphatic carbocycles. The summed E-state index contributed by atoms with van der Waals surface area (Å²) in [5, 5.41) is 11.8. The minimum absolute atomic E-state index is 0.0228. The van der Waals surface area contributed by atoms with Crippen LogP contribution in [0.3, 0.4) is 0 Å². The molecule has 0 fully saturated rings. The van der Waals surface area contributed by atoms with Crippen LogP contribution in [-0.2, 0) is 31.7 Å². The van der Waals surface area contributed by atoms with Crippen molar-refractivity contribution in [2.75, 3.05) is 26.9 Å². The Morgan fingerprint density at radius 1 is 1.06 bits per heavy atom. The lowest BCUT2D eigenvalue weighted by Crippen LogP contribution is -2.47. The van der Waals surface area contributed by atoms with Crippen LogP contribution in [0.4, 0.5) is 4.39 Å². The molecule has 0 amide bonds. The topological polar surface area (TPSA) is 133 Å². The van der Waals surface area contributed by atoms with Crippen molar-refractivity contribution in [2.24, 2.45) is 11.8 Å². The largest absolute Gasteiger partial charge is 0.493 e. The Kier molecular flexibility index (Phi) is 12.1. The van der Waals surface area contributed by atoms with Crippen molar-refractivity contribution in [1.29, 1.82) is 0 Å². The van der Waals surface area contributed by atoms with Crippen molar-refractivity contribution in [2.45, 2.75) is 84.1 Å². The van der Waals surface area contributed by atoms with E-state index in [1.807, 2.05) is 48.5 Å². The molecule has 0 bridgehead atoms. The zero-order valence-corrected chi connectivity index (χ0v) is 31.2. The maximum Gasteiger partial charge on any atom is 0.309 e. The normalized spacial score (nSPS) is 18.1. The summed E-state index contributed by atoms with van der Waals surface area (Å²) in [5.74, 6) is 0.202. The summed E-state index contributed by atoms with van der Waals surface area (Å²) in [6.45, 7) is 15.1. The Morgan fingerprint density at radius 3 is 2.36 bits per heavy atom. The number of aromatic nitrogens is 1. The summed E-state index contributed by atoms with van der Waals surface area (Å²) in [5.41, 5.74) is -0.171. The number of esters is 1. The number of carbonyl (C=O) groups is 2. The Bertz CT molecular complexity index is 1720. The van der Waals surface area contributed by atoms with Crippen molar-refractivity contribution >= 4 is 22.7 Å². The number of carbonyl (C=O) groups excluding carboxylic acids is 2. The summed E-state index contributed by atoms with van der Waals surface area (Å²) >= 11 is 0. The molecule has 10 nitrogen and oxygen atoms in total. The number of hydrogen-bond donors (Lipinski definition) is 2. The van der Waals surface area contributed by atoms with Crippen LogP contribution in [-0.4, -0.2) is 57.7 Å². The first kappa shape index (κ1) is 38.9. The van der Waals surface area contributed by atoms with E-state index in [-0.39, 0.29) is 61.9 Å². The summed E-state index contributed by atoms with van der Waals surface area (Å²) in [4.78, 5) is 30.3. The number of aliphatic hydroxyl groups is 1. The van der Waals surface area contributed by atoms with Gasteiger partial charge in [0.1, 0.15) is 36.9 Å². The number of fused-ring (bicyclic) bond motifs is 1. The molecule has 50 heavy (non-hydrogen) atoms. The fraction of sp³-hybridized carbons (Fsp3) is 0.500. The van der Waals surface area contributed by atoms with Gasteiger partial charge in [-0.3, -0.25) is 9.59 Å². The van der Waals surface area contributed by atoms with E-state index in [2.05, 4.69) is 4.72 Å². The van der Waals surface area contributed by atoms with E-state index in [9.17, 15) is 23.3 Å². The van der Waals surface area contributed by atoms with Gasteiger partial charge in [0.25, 0.3) is 0 Å². The highest BCUT2D eigenvalue weighted by molar-refractivity contribution is 7.84. The molecule has 2 aromatic carbocycles. The SMILES string of the molecule is COc1cc(C(=O)CCC(C)(O)c2cc3c(c(-c4ccc(F)cc4)n2)OCC3(C)NS(=O)C(C)(C)C)ccc1OCCOC(=O)C(C)C(C)C. The second-order valence-corrected chi connectivity index (χ2v) is 16.4. The van der Waals surface area contributed by atoms with Crippen LogP contribution < -0.4 is 18.9 Å². The van der Waals surface area contributed by atoms with Gasteiger partial charge in [0.05, 0.1) is 40.0 Å². The number of halogens is 1. The molecule has 2 N–H and O–H groups in total. The van der Waals surface area contributed by atoms with Gasteiger partial charge in [0.15, 0.2) is 23.0 Å².